The lowest BCUT2D eigenvalue weighted by Crippen LogP contribution is -2.30. The van der Waals surface area contributed by atoms with Crippen molar-refractivity contribution >= 4 is 15.9 Å². The van der Waals surface area contributed by atoms with Crippen LogP contribution in [0.25, 0.3) is 0 Å². The largest absolute Gasteiger partial charge is 0.295 e. The van der Waals surface area contributed by atoms with Crippen LogP contribution >= 0.6 is 15.9 Å². The molecule has 0 radical (unpaired) electrons. The van der Waals surface area contributed by atoms with Crippen molar-refractivity contribution in [3.8, 4) is 0 Å². The van der Waals surface area contributed by atoms with E-state index in [1.165, 1.54) is 32.2 Å². The Bertz CT molecular complexity index is 190. The predicted molar refractivity (Wildman–Crippen MR) is 55.4 cm³/mol. The molecule has 1 saturated carbocycles. The molecule has 0 aromatic rings. The van der Waals surface area contributed by atoms with Gasteiger partial charge in [-0.05, 0) is 31.7 Å². The molecule has 1 nitrogen and oxygen atoms in total. The van der Waals surface area contributed by atoms with Crippen molar-refractivity contribution < 1.29 is 0 Å². The number of rotatable bonds is 2. The number of halogens is 1. The van der Waals surface area contributed by atoms with Crippen LogP contribution < -0.4 is 0 Å². The summed E-state index contributed by atoms with van der Waals surface area (Å²) in [7, 11) is 0. The average Bonchev–Trinajstić information content (AvgIpc) is 2.52. The van der Waals surface area contributed by atoms with Gasteiger partial charge in [-0.25, -0.2) is 0 Å². The van der Waals surface area contributed by atoms with Crippen LogP contribution in [0.1, 0.15) is 25.7 Å². The number of hydrogen-bond acceptors (Lipinski definition) is 1. The van der Waals surface area contributed by atoms with Gasteiger partial charge in [0.2, 0.25) is 0 Å². The zero-order valence-electron chi connectivity index (χ0n) is 7.43. The van der Waals surface area contributed by atoms with Crippen molar-refractivity contribution in [2.45, 2.75) is 31.7 Å². The van der Waals surface area contributed by atoms with Crippen LogP contribution in [0.5, 0.6) is 0 Å². The van der Waals surface area contributed by atoms with Crippen molar-refractivity contribution in [2.24, 2.45) is 5.92 Å². The van der Waals surface area contributed by atoms with Gasteiger partial charge in [-0.15, -0.1) is 0 Å². The minimum absolute atomic E-state index is 0.888. The van der Waals surface area contributed by atoms with Crippen LogP contribution in [0.3, 0.4) is 0 Å². The Balaban J connectivity index is 1.95. The van der Waals surface area contributed by atoms with Crippen molar-refractivity contribution in [3.63, 3.8) is 0 Å². The highest BCUT2D eigenvalue weighted by Crippen LogP contribution is 2.37. The van der Waals surface area contributed by atoms with E-state index in [2.05, 4.69) is 27.4 Å². The summed E-state index contributed by atoms with van der Waals surface area (Å²) in [6, 6.07) is 0.888. The molecule has 1 heterocycles. The molecule has 68 valence electrons. The number of fused-ring (bicyclic) bond motifs is 1. The first-order valence-corrected chi connectivity index (χ1v) is 5.64. The Morgan fingerprint density at radius 1 is 1.42 bits per heavy atom. The molecule has 2 fully saturated rings. The molecule has 2 aliphatic rings. The molecule has 0 spiro atoms. The van der Waals surface area contributed by atoms with E-state index in [0.717, 1.165) is 23.0 Å². The summed E-state index contributed by atoms with van der Waals surface area (Å²) in [5.74, 6) is 1.01. The molecule has 0 aromatic heterocycles. The lowest BCUT2D eigenvalue weighted by molar-refractivity contribution is 0.265. The van der Waals surface area contributed by atoms with Gasteiger partial charge in [0, 0.05) is 17.1 Å². The van der Waals surface area contributed by atoms with E-state index >= 15 is 0 Å². The molecule has 0 N–H and O–H groups in total. The molecule has 1 saturated heterocycles. The predicted octanol–water partition coefficient (Wildman–Crippen LogP) is 2.77. The smallest absolute Gasteiger partial charge is 0.0296 e. The van der Waals surface area contributed by atoms with Gasteiger partial charge in [-0.2, -0.15) is 0 Å². The van der Waals surface area contributed by atoms with Gasteiger partial charge in [-0.3, -0.25) is 4.90 Å². The van der Waals surface area contributed by atoms with Crippen LogP contribution in [0.2, 0.25) is 0 Å². The van der Waals surface area contributed by atoms with E-state index in [1.807, 2.05) is 0 Å². The minimum atomic E-state index is 0.888. The number of nitrogens with zero attached hydrogens (tertiary/aromatic N) is 1. The van der Waals surface area contributed by atoms with Crippen LogP contribution in [0, 0.1) is 5.92 Å². The summed E-state index contributed by atoms with van der Waals surface area (Å²) in [5, 5.41) is 0. The van der Waals surface area contributed by atoms with E-state index in [4.69, 9.17) is 0 Å². The fourth-order valence-electron chi connectivity index (χ4n) is 2.75. The van der Waals surface area contributed by atoms with Crippen LogP contribution in [0.15, 0.2) is 11.1 Å². The summed E-state index contributed by atoms with van der Waals surface area (Å²) in [6.07, 6.45) is 5.76. The zero-order chi connectivity index (χ0) is 8.55. The van der Waals surface area contributed by atoms with Gasteiger partial charge < -0.3 is 0 Å². The Labute approximate surface area is 82.9 Å². The Hall–Kier alpha value is 0.180. The highest BCUT2D eigenvalue weighted by Gasteiger charge is 2.36. The summed E-state index contributed by atoms with van der Waals surface area (Å²) in [5.41, 5.74) is 0. The average molecular weight is 230 g/mol. The molecular weight excluding hydrogens is 214 g/mol. The van der Waals surface area contributed by atoms with Gasteiger partial charge in [0.15, 0.2) is 0 Å². The molecule has 1 aliphatic heterocycles. The summed E-state index contributed by atoms with van der Waals surface area (Å²) < 4.78 is 1.13. The van der Waals surface area contributed by atoms with Gasteiger partial charge in [0.05, 0.1) is 0 Å². The standard InChI is InChI=1S/C10H16BrN/c1-8(11)7-12-6-5-9-3-2-4-10(9)12/h9-10H,1-7H2. The first-order valence-electron chi connectivity index (χ1n) is 4.84. The Morgan fingerprint density at radius 3 is 3.00 bits per heavy atom. The van der Waals surface area contributed by atoms with Crippen LogP contribution in [0.4, 0.5) is 0 Å². The molecule has 2 rings (SSSR count). The van der Waals surface area contributed by atoms with E-state index in [1.54, 1.807) is 0 Å². The van der Waals surface area contributed by atoms with Crippen molar-refractivity contribution in [2.75, 3.05) is 13.1 Å². The van der Waals surface area contributed by atoms with E-state index < -0.39 is 0 Å². The van der Waals surface area contributed by atoms with Gasteiger partial charge >= 0.3 is 0 Å². The molecular formula is C10H16BrN. The van der Waals surface area contributed by atoms with E-state index in [0.29, 0.717) is 0 Å². The normalized spacial score (nSPS) is 35.4. The molecule has 2 unspecified atom stereocenters. The second-order valence-corrected chi connectivity index (χ2v) is 5.16. The summed E-state index contributed by atoms with van der Waals surface area (Å²) in [4.78, 5) is 2.59. The maximum atomic E-state index is 3.91. The van der Waals surface area contributed by atoms with Gasteiger partial charge in [-0.1, -0.05) is 28.9 Å². The van der Waals surface area contributed by atoms with Crippen molar-refractivity contribution in [3.05, 3.63) is 11.1 Å². The van der Waals surface area contributed by atoms with E-state index in [9.17, 15) is 0 Å². The number of likely N-dealkylation sites (tertiary alicyclic amines) is 1. The zero-order valence-corrected chi connectivity index (χ0v) is 9.02. The topological polar surface area (TPSA) is 3.24 Å². The fraction of sp³-hybridized carbons (Fsp3) is 0.800. The lowest BCUT2D eigenvalue weighted by atomic mass is 10.1. The third-order valence-electron chi connectivity index (χ3n) is 3.25. The van der Waals surface area contributed by atoms with Gasteiger partial charge in [0.1, 0.15) is 0 Å². The fourth-order valence-corrected chi connectivity index (χ4v) is 3.07. The monoisotopic (exact) mass is 229 g/mol. The molecule has 12 heavy (non-hydrogen) atoms. The molecule has 0 amide bonds. The SMILES string of the molecule is C=C(Br)CN1CCC2CCCC21. The van der Waals surface area contributed by atoms with Crippen molar-refractivity contribution in [1.82, 2.24) is 4.90 Å². The summed E-state index contributed by atoms with van der Waals surface area (Å²) in [6.45, 7) is 6.26. The maximum absolute atomic E-state index is 3.91. The second-order valence-electron chi connectivity index (χ2n) is 4.03. The molecule has 0 bridgehead atoms. The van der Waals surface area contributed by atoms with Crippen LogP contribution in [-0.4, -0.2) is 24.0 Å². The highest BCUT2D eigenvalue weighted by molar-refractivity contribution is 9.11. The Morgan fingerprint density at radius 2 is 2.25 bits per heavy atom. The summed E-state index contributed by atoms with van der Waals surface area (Å²) >= 11 is 3.45. The third kappa shape index (κ3) is 1.60. The quantitative estimate of drug-likeness (QED) is 0.705. The molecule has 1 aliphatic carbocycles. The first-order chi connectivity index (χ1) is 5.77. The lowest BCUT2D eigenvalue weighted by Gasteiger charge is -2.22. The van der Waals surface area contributed by atoms with Crippen LogP contribution in [-0.2, 0) is 0 Å². The number of hydrogen-bond donors (Lipinski definition) is 0. The molecule has 0 aromatic carbocycles. The third-order valence-corrected chi connectivity index (χ3v) is 3.50. The van der Waals surface area contributed by atoms with Gasteiger partial charge in [0.25, 0.3) is 0 Å². The minimum Gasteiger partial charge on any atom is -0.295 e. The van der Waals surface area contributed by atoms with Crippen molar-refractivity contribution in [1.29, 1.82) is 0 Å². The second kappa shape index (κ2) is 3.51. The van der Waals surface area contributed by atoms with E-state index in [-0.39, 0.29) is 0 Å². The first kappa shape index (κ1) is 8.76. The molecule has 2 atom stereocenters. The molecule has 2 heteroatoms. The highest BCUT2D eigenvalue weighted by atomic mass is 79.9. The Kier molecular flexibility index (Phi) is 2.56. The maximum Gasteiger partial charge on any atom is 0.0296 e.